The number of carbonyl (C=O) groups is 2. The first-order valence-electron chi connectivity index (χ1n) is 10.1. The second-order valence-corrected chi connectivity index (χ2v) is 9.09. The molecule has 0 radical (unpaired) electrons. The fourth-order valence-electron chi connectivity index (χ4n) is 3.90. The lowest BCUT2D eigenvalue weighted by molar-refractivity contribution is 0.0489. The lowest BCUT2D eigenvalue weighted by Gasteiger charge is -2.33. The number of anilines is 1. The van der Waals surface area contributed by atoms with Crippen molar-refractivity contribution in [3.8, 4) is 0 Å². The van der Waals surface area contributed by atoms with Crippen LogP contribution in [0, 0.1) is 0 Å². The van der Waals surface area contributed by atoms with Crippen molar-refractivity contribution in [2.75, 3.05) is 38.1 Å². The molecule has 3 aromatic rings. The van der Waals surface area contributed by atoms with E-state index in [0.717, 1.165) is 22.9 Å². The number of hydrogen-bond acceptors (Lipinski definition) is 6. The van der Waals surface area contributed by atoms with Crippen LogP contribution in [0.4, 0.5) is 10.6 Å². The molecule has 5 rings (SSSR count). The van der Waals surface area contributed by atoms with Crippen LogP contribution in [0.3, 0.4) is 0 Å². The van der Waals surface area contributed by atoms with Crippen LogP contribution in [0.2, 0.25) is 5.15 Å². The molecule has 1 fully saturated rings. The van der Waals surface area contributed by atoms with Crippen LogP contribution >= 0.6 is 27.5 Å². The highest BCUT2D eigenvalue weighted by molar-refractivity contribution is 9.10. The first-order chi connectivity index (χ1) is 15.4. The number of piperazine rings is 1. The number of rotatable bonds is 2. The molecule has 0 saturated carbocycles. The smallest absolute Gasteiger partial charge is 0.412 e. The Balaban J connectivity index is 1.52. The number of nitrogens with zero attached hydrogens (tertiary/aromatic N) is 5. The minimum atomic E-state index is -0.929. The average Bonchev–Trinajstić information content (AvgIpc) is 3.04. The fraction of sp³-hybridized carbons (Fsp3) is 0.273. The zero-order chi connectivity index (χ0) is 22.4. The zero-order valence-corrected chi connectivity index (χ0v) is 19.5. The molecular formula is C22H19BrClN5O3. The van der Waals surface area contributed by atoms with Gasteiger partial charge in [0.25, 0.3) is 5.91 Å². The van der Waals surface area contributed by atoms with E-state index < -0.39 is 12.3 Å². The molecule has 0 N–H and O–H groups in total. The fourth-order valence-corrected chi connectivity index (χ4v) is 4.41. The van der Waals surface area contributed by atoms with E-state index in [2.05, 4.69) is 30.8 Å². The number of amides is 2. The molecule has 2 amide bonds. The van der Waals surface area contributed by atoms with Crippen molar-refractivity contribution in [3.05, 3.63) is 63.2 Å². The van der Waals surface area contributed by atoms with E-state index >= 15 is 0 Å². The van der Waals surface area contributed by atoms with Gasteiger partial charge in [0.2, 0.25) is 6.23 Å². The van der Waals surface area contributed by atoms with Crippen LogP contribution in [0.5, 0.6) is 0 Å². The van der Waals surface area contributed by atoms with Crippen molar-refractivity contribution in [1.82, 2.24) is 19.8 Å². The third-order valence-electron chi connectivity index (χ3n) is 5.69. The molecule has 0 aliphatic carbocycles. The molecule has 2 aliphatic heterocycles. The van der Waals surface area contributed by atoms with E-state index in [0.29, 0.717) is 40.8 Å². The van der Waals surface area contributed by atoms with Gasteiger partial charge in [0.05, 0.1) is 5.56 Å². The highest BCUT2D eigenvalue weighted by atomic mass is 79.9. The SMILES string of the molecule is CN1CCN(C(=O)OC2c3ccc(Br)cc3C(=O)N2c2ccc3ccc(Cl)nc3n2)CC1. The minimum Gasteiger partial charge on any atom is -0.420 e. The first-order valence-corrected chi connectivity index (χ1v) is 11.3. The quantitative estimate of drug-likeness (QED) is 0.478. The number of likely N-dealkylation sites (N-methyl/N-ethyl adjacent to an activating group) is 1. The Hall–Kier alpha value is -2.75. The summed E-state index contributed by atoms with van der Waals surface area (Å²) in [7, 11) is 2.01. The van der Waals surface area contributed by atoms with E-state index in [4.69, 9.17) is 16.3 Å². The summed E-state index contributed by atoms with van der Waals surface area (Å²) in [6, 6.07) is 12.4. The zero-order valence-electron chi connectivity index (χ0n) is 17.2. The second kappa shape index (κ2) is 8.31. The Bertz CT molecular complexity index is 1230. The topological polar surface area (TPSA) is 78.9 Å². The summed E-state index contributed by atoms with van der Waals surface area (Å²) in [5, 5.41) is 1.09. The third-order valence-corrected chi connectivity index (χ3v) is 6.39. The highest BCUT2D eigenvalue weighted by Gasteiger charge is 2.42. The Morgan fingerprint density at radius 2 is 1.84 bits per heavy atom. The number of halogens is 2. The predicted octanol–water partition coefficient (Wildman–Crippen LogP) is 4.09. The normalized spacial score (nSPS) is 18.8. The molecule has 4 heterocycles. The summed E-state index contributed by atoms with van der Waals surface area (Å²) in [4.78, 5) is 40.3. The molecular weight excluding hydrogens is 498 g/mol. The average molecular weight is 517 g/mol. The summed E-state index contributed by atoms with van der Waals surface area (Å²) in [5.41, 5.74) is 1.47. The molecule has 2 aliphatic rings. The maximum atomic E-state index is 13.4. The number of pyridine rings is 2. The lowest BCUT2D eigenvalue weighted by Crippen LogP contribution is -2.48. The predicted molar refractivity (Wildman–Crippen MR) is 124 cm³/mol. The van der Waals surface area contributed by atoms with E-state index in [1.807, 2.05) is 25.2 Å². The van der Waals surface area contributed by atoms with Crippen molar-refractivity contribution in [2.45, 2.75) is 6.23 Å². The van der Waals surface area contributed by atoms with Gasteiger partial charge in [-0.3, -0.25) is 9.69 Å². The van der Waals surface area contributed by atoms with Crippen molar-refractivity contribution in [2.24, 2.45) is 0 Å². The van der Waals surface area contributed by atoms with Gasteiger partial charge >= 0.3 is 6.09 Å². The number of ether oxygens (including phenoxy) is 1. The molecule has 10 heteroatoms. The maximum absolute atomic E-state index is 13.4. The molecule has 2 aromatic heterocycles. The summed E-state index contributed by atoms with van der Waals surface area (Å²) in [6.07, 6.45) is -1.39. The van der Waals surface area contributed by atoms with Gasteiger partial charge in [0.15, 0.2) is 5.65 Å². The molecule has 1 saturated heterocycles. The highest BCUT2D eigenvalue weighted by Crippen LogP contribution is 2.39. The van der Waals surface area contributed by atoms with E-state index in [9.17, 15) is 9.59 Å². The number of benzene rings is 1. The molecule has 8 nitrogen and oxygen atoms in total. The van der Waals surface area contributed by atoms with Crippen LogP contribution in [0.15, 0.2) is 46.9 Å². The van der Waals surface area contributed by atoms with Crippen molar-refractivity contribution in [3.63, 3.8) is 0 Å². The van der Waals surface area contributed by atoms with E-state index in [1.54, 1.807) is 29.2 Å². The molecule has 1 aromatic carbocycles. The van der Waals surface area contributed by atoms with E-state index in [1.165, 1.54) is 4.90 Å². The van der Waals surface area contributed by atoms with Gasteiger partial charge in [0, 0.05) is 41.6 Å². The van der Waals surface area contributed by atoms with E-state index in [-0.39, 0.29) is 5.91 Å². The van der Waals surface area contributed by atoms with Gasteiger partial charge in [-0.15, -0.1) is 0 Å². The summed E-state index contributed by atoms with van der Waals surface area (Å²) in [5.74, 6) is 0.0344. The van der Waals surface area contributed by atoms with Crippen LogP contribution in [0.25, 0.3) is 11.0 Å². The first kappa shape index (κ1) is 21.1. The lowest BCUT2D eigenvalue weighted by atomic mass is 10.1. The molecule has 0 spiro atoms. The van der Waals surface area contributed by atoms with Crippen LogP contribution in [-0.2, 0) is 4.74 Å². The monoisotopic (exact) mass is 515 g/mol. The number of aromatic nitrogens is 2. The molecule has 1 unspecified atom stereocenters. The number of fused-ring (bicyclic) bond motifs is 2. The molecule has 32 heavy (non-hydrogen) atoms. The van der Waals surface area contributed by atoms with Gasteiger partial charge < -0.3 is 14.5 Å². The Morgan fingerprint density at radius 1 is 1.09 bits per heavy atom. The van der Waals surface area contributed by atoms with Gasteiger partial charge in [-0.2, -0.15) is 0 Å². The van der Waals surface area contributed by atoms with Crippen molar-refractivity contribution in [1.29, 1.82) is 0 Å². The van der Waals surface area contributed by atoms with Gasteiger partial charge in [-0.25, -0.2) is 14.8 Å². The molecule has 0 bridgehead atoms. The van der Waals surface area contributed by atoms with Crippen LogP contribution < -0.4 is 4.90 Å². The van der Waals surface area contributed by atoms with Crippen molar-refractivity contribution < 1.29 is 14.3 Å². The Labute approximate surface area is 197 Å². The molecule has 164 valence electrons. The van der Waals surface area contributed by atoms with Gasteiger partial charge in [-0.05, 0) is 43.4 Å². The van der Waals surface area contributed by atoms with Crippen LogP contribution in [0.1, 0.15) is 22.1 Å². The minimum absolute atomic E-state index is 0.300. The Kier molecular flexibility index (Phi) is 5.48. The molecule has 1 atom stereocenters. The third kappa shape index (κ3) is 3.80. The summed E-state index contributed by atoms with van der Waals surface area (Å²) >= 11 is 9.44. The summed E-state index contributed by atoms with van der Waals surface area (Å²) in [6.45, 7) is 2.68. The van der Waals surface area contributed by atoms with Crippen molar-refractivity contribution >= 4 is 56.4 Å². The van der Waals surface area contributed by atoms with Gasteiger partial charge in [-0.1, -0.05) is 33.6 Å². The summed E-state index contributed by atoms with van der Waals surface area (Å²) < 4.78 is 6.66. The largest absolute Gasteiger partial charge is 0.420 e. The van der Waals surface area contributed by atoms with Gasteiger partial charge in [0.1, 0.15) is 11.0 Å². The second-order valence-electron chi connectivity index (χ2n) is 7.78. The standard InChI is InChI=1S/C22H19BrClN5O3/c1-27-8-10-28(11-9-27)22(31)32-21-15-5-4-14(23)12-16(15)20(30)29(21)18-7-3-13-2-6-17(24)25-19(13)26-18/h2-7,12,21H,8-11H2,1H3. The number of hydrogen-bond donors (Lipinski definition) is 0. The Morgan fingerprint density at radius 3 is 2.62 bits per heavy atom. The maximum Gasteiger partial charge on any atom is 0.412 e. The van der Waals surface area contributed by atoms with Crippen LogP contribution in [-0.4, -0.2) is 65.0 Å². The number of carbonyl (C=O) groups excluding carboxylic acids is 2.